The quantitative estimate of drug-likeness (QED) is 0.153. The lowest BCUT2D eigenvalue weighted by molar-refractivity contribution is -0.153. The first kappa shape index (κ1) is 26.8. The van der Waals surface area contributed by atoms with E-state index in [1.165, 1.54) is 0 Å². The number of hydrogen-bond donors (Lipinski definition) is 5. The Labute approximate surface area is 180 Å². The molecule has 1 rings (SSSR count). The minimum absolute atomic E-state index is 0.102. The van der Waals surface area contributed by atoms with Crippen LogP contribution in [0.25, 0.3) is 0 Å². The number of allylic oxidation sites excluding steroid dienone is 2. The summed E-state index contributed by atoms with van der Waals surface area (Å²) in [6, 6.07) is 0. The van der Waals surface area contributed by atoms with Gasteiger partial charge in [0, 0.05) is 18.8 Å². The zero-order valence-corrected chi connectivity index (χ0v) is 18.1. The smallest absolute Gasteiger partial charge is 0.306 e. The van der Waals surface area contributed by atoms with Gasteiger partial charge in [-0.15, -0.1) is 0 Å². The SMILES string of the molecule is CCCCC[C@H](O)/C=C/[C@@H]1[C@@H](C/C=C/CCCC(=O)OC(CO)CO)[C@@H](O)C[C@H]1O. The summed E-state index contributed by atoms with van der Waals surface area (Å²) in [6.07, 6.45) is 11.2. The van der Waals surface area contributed by atoms with Crippen LogP contribution in [0.3, 0.4) is 0 Å². The van der Waals surface area contributed by atoms with Crippen molar-refractivity contribution in [3.05, 3.63) is 24.3 Å². The summed E-state index contributed by atoms with van der Waals surface area (Å²) in [5.74, 6) is -0.738. The summed E-state index contributed by atoms with van der Waals surface area (Å²) >= 11 is 0. The van der Waals surface area contributed by atoms with Crippen molar-refractivity contribution >= 4 is 5.97 Å². The maximum atomic E-state index is 11.6. The lowest BCUT2D eigenvalue weighted by Crippen LogP contribution is -2.25. The molecule has 7 heteroatoms. The van der Waals surface area contributed by atoms with Crippen LogP contribution >= 0.6 is 0 Å². The van der Waals surface area contributed by atoms with Crippen molar-refractivity contribution in [3.8, 4) is 0 Å². The van der Waals surface area contributed by atoms with E-state index in [0.717, 1.165) is 19.3 Å². The third-order valence-electron chi connectivity index (χ3n) is 5.61. The van der Waals surface area contributed by atoms with Crippen LogP contribution in [0.4, 0.5) is 0 Å². The van der Waals surface area contributed by atoms with Gasteiger partial charge < -0.3 is 30.3 Å². The van der Waals surface area contributed by atoms with Gasteiger partial charge in [0.05, 0.1) is 31.5 Å². The second-order valence-corrected chi connectivity index (χ2v) is 8.14. The topological polar surface area (TPSA) is 127 Å². The number of unbranched alkanes of at least 4 members (excludes halogenated alkanes) is 3. The minimum atomic E-state index is -0.863. The summed E-state index contributed by atoms with van der Waals surface area (Å²) in [5, 5.41) is 48.4. The highest BCUT2D eigenvalue weighted by Gasteiger charge is 2.39. The monoisotopic (exact) mass is 428 g/mol. The van der Waals surface area contributed by atoms with Crippen LogP contribution in [0.5, 0.6) is 0 Å². The first-order chi connectivity index (χ1) is 14.4. The van der Waals surface area contributed by atoms with Crippen molar-refractivity contribution in [1.82, 2.24) is 0 Å². The molecule has 0 aromatic rings. The van der Waals surface area contributed by atoms with E-state index in [2.05, 4.69) is 6.92 Å². The summed E-state index contributed by atoms with van der Waals surface area (Å²) in [4.78, 5) is 11.6. The summed E-state index contributed by atoms with van der Waals surface area (Å²) in [5.41, 5.74) is 0. The van der Waals surface area contributed by atoms with Gasteiger partial charge in [0.2, 0.25) is 0 Å². The maximum Gasteiger partial charge on any atom is 0.306 e. The molecule has 0 radical (unpaired) electrons. The van der Waals surface area contributed by atoms with Gasteiger partial charge in [-0.05, 0) is 31.6 Å². The van der Waals surface area contributed by atoms with Gasteiger partial charge in [-0.1, -0.05) is 50.5 Å². The van der Waals surface area contributed by atoms with Gasteiger partial charge in [0.25, 0.3) is 0 Å². The van der Waals surface area contributed by atoms with Crippen LogP contribution in [0.2, 0.25) is 0 Å². The zero-order chi connectivity index (χ0) is 22.4. The molecule has 1 fully saturated rings. The van der Waals surface area contributed by atoms with Crippen molar-refractivity contribution in [2.24, 2.45) is 11.8 Å². The number of aliphatic hydroxyl groups excluding tert-OH is 5. The standard InChI is InChI=1S/C23H40O7/c1-2-3-6-9-17(26)12-13-20-19(21(27)14-22(20)28)10-7-4-5-8-11-23(29)30-18(15-24)16-25/h4,7,12-13,17-22,24-28H,2-3,5-6,8-11,14-16H2,1H3/b7-4+,13-12+/t17-,19+,20+,21-,22+/m0/s1. The highest BCUT2D eigenvalue weighted by Crippen LogP contribution is 2.36. The number of carbonyl (C=O) groups is 1. The van der Waals surface area contributed by atoms with Crippen LogP contribution in [0.1, 0.15) is 64.7 Å². The Morgan fingerprint density at radius 1 is 1.10 bits per heavy atom. The van der Waals surface area contributed by atoms with Crippen molar-refractivity contribution in [2.75, 3.05) is 13.2 Å². The molecule has 1 aliphatic rings. The van der Waals surface area contributed by atoms with Gasteiger partial charge in [-0.2, -0.15) is 0 Å². The molecule has 1 aliphatic carbocycles. The Morgan fingerprint density at radius 2 is 1.83 bits per heavy atom. The molecule has 0 aliphatic heterocycles. The lowest BCUT2D eigenvalue weighted by atomic mass is 9.89. The Morgan fingerprint density at radius 3 is 2.50 bits per heavy atom. The highest BCUT2D eigenvalue weighted by molar-refractivity contribution is 5.69. The predicted molar refractivity (Wildman–Crippen MR) is 115 cm³/mol. The Kier molecular flexibility index (Phi) is 13.9. The fourth-order valence-electron chi connectivity index (χ4n) is 3.78. The molecule has 0 aromatic heterocycles. The zero-order valence-electron chi connectivity index (χ0n) is 18.1. The molecular weight excluding hydrogens is 388 g/mol. The normalized spacial score (nSPS) is 25.6. The fourth-order valence-corrected chi connectivity index (χ4v) is 3.78. The summed E-state index contributed by atoms with van der Waals surface area (Å²) in [6.45, 7) is 1.32. The molecule has 0 unspecified atom stereocenters. The van der Waals surface area contributed by atoms with Gasteiger partial charge in [0.15, 0.2) is 0 Å². The minimum Gasteiger partial charge on any atom is -0.457 e. The number of esters is 1. The van der Waals surface area contributed by atoms with E-state index >= 15 is 0 Å². The molecule has 174 valence electrons. The van der Waals surface area contributed by atoms with Gasteiger partial charge in [-0.3, -0.25) is 4.79 Å². The molecule has 0 saturated heterocycles. The molecule has 0 heterocycles. The predicted octanol–water partition coefficient (Wildman–Crippen LogP) is 1.85. The third kappa shape index (κ3) is 10.2. The van der Waals surface area contributed by atoms with E-state index in [-0.39, 0.29) is 18.3 Å². The van der Waals surface area contributed by atoms with E-state index in [1.807, 2.05) is 18.2 Å². The lowest BCUT2D eigenvalue weighted by Gasteiger charge is -2.19. The van der Waals surface area contributed by atoms with Gasteiger partial charge in [0.1, 0.15) is 6.10 Å². The molecule has 7 nitrogen and oxygen atoms in total. The largest absolute Gasteiger partial charge is 0.457 e. The van der Waals surface area contributed by atoms with Crippen LogP contribution < -0.4 is 0 Å². The molecule has 0 aromatic carbocycles. The average Bonchev–Trinajstić information content (AvgIpc) is 2.99. The summed E-state index contributed by atoms with van der Waals surface area (Å²) < 4.78 is 4.90. The average molecular weight is 429 g/mol. The molecule has 5 N–H and O–H groups in total. The van der Waals surface area contributed by atoms with Crippen LogP contribution in [-0.2, 0) is 9.53 Å². The van der Waals surface area contributed by atoms with Gasteiger partial charge >= 0.3 is 5.97 Å². The maximum absolute atomic E-state index is 11.6. The molecule has 5 atom stereocenters. The number of rotatable bonds is 15. The fraction of sp³-hybridized carbons (Fsp3) is 0.783. The van der Waals surface area contributed by atoms with Crippen molar-refractivity contribution < 1.29 is 35.1 Å². The molecular formula is C23H40O7. The van der Waals surface area contributed by atoms with E-state index in [1.54, 1.807) is 6.08 Å². The highest BCUT2D eigenvalue weighted by atomic mass is 16.6. The number of ether oxygens (including phenoxy) is 1. The van der Waals surface area contributed by atoms with E-state index in [0.29, 0.717) is 32.1 Å². The molecule has 30 heavy (non-hydrogen) atoms. The van der Waals surface area contributed by atoms with Crippen LogP contribution in [0.15, 0.2) is 24.3 Å². The number of hydrogen-bond acceptors (Lipinski definition) is 7. The van der Waals surface area contributed by atoms with Crippen molar-refractivity contribution in [1.29, 1.82) is 0 Å². The molecule has 0 spiro atoms. The summed E-state index contributed by atoms with van der Waals surface area (Å²) in [7, 11) is 0. The van der Waals surface area contributed by atoms with E-state index < -0.39 is 43.6 Å². The Balaban J connectivity index is 2.39. The molecule has 0 amide bonds. The van der Waals surface area contributed by atoms with E-state index in [9.17, 15) is 20.1 Å². The first-order valence-corrected chi connectivity index (χ1v) is 11.2. The van der Waals surface area contributed by atoms with Crippen molar-refractivity contribution in [2.45, 2.75) is 89.1 Å². The third-order valence-corrected chi connectivity index (χ3v) is 5.61. The molecule has 1 saturated carbocycles. The Bertz CT molecular complexity index is 516. The number of carbonyl (C=O) groups excluding carboxylic acids is 1. The van der Waals surface area contributed by atoms with Crippen molar-refractivity contribution in [3.63, 3.8) is 0 Å². The second-order valence-electron chi connectivity index (χ2n) is 8.14. The second kappa shape index (κ2) is 15.5. The van der Waals surface area contributed by atoms with Crippen LogP contribution in [-0.4, -0.2) is 69.1 Å². The van der Waals surface area contributed by atoms with Gasteiger partial charge in [-0.25, -0.2) is 0 Å². The number of aliphatic hydroxyl groups is 5. The van der Waals surface area contributed by atoms with E-state index in [4.69, 9.17) is 14.9 Å². The van der Waals surface area contributed by atoms with Crippen LogP contribution in [0, 0.1) is 11.8 Å². The molecule has 0 bridgehead atoms. The first-order valence-electron chi connectivity index (χ1n) is 11.2. The Hall–Kier alpha value is -1.25.